The third-order valence-electron chi connectivity index (χ3n) is 0.399. The Balaban J connectivity index is 0. The van der Waals surface area contributed by atoms with E-state index in [1.165, 1.54) is 14.0 Å². The zero-order valence-corrected chi connectivity index (χ0v) is 6.77. The molecule has 0 radical (unpaired) electrons. The van der Waals surface area contributed by atoms with Crippen LogP contribution in [0.15, 0.2) is 0 Å². The van der Waals surface area contributed by atoms with Crippen LogP contribution in [0.3, 0.4) is 0 Å². The molecule has 0 bridgehead atoms. The van der Waals surface area contributed by atoms with Gasteiger partial charge >= 0.3 is 5.97 Å². The molecule has 0 aromatic rings. The molecule has 0 fully saturated rings. The Labute approximate surface area is 63.8 Å². The van der Waals surface area contributed by atoms with Crippen LogP contribution in [0.25, 0.3) is 0 Å². The SMILES string of the molecule is CC(=O)SCC(=O)O.CN. The van der Waals surface area contributed by atoms with E-state index in [-0.39, 0.29) is 10.9 Å². The van der Waals surface area contributed by atoms with Crippen LogP contribution in [0.4, 0.5) is 0 Å². The molecule has 0 saturated carbocycles. The molecule has 10 heavy (non-hydrogen) atoms. The Morgan fingerprint density at radius 2 is 1.90 bits per heavy atom. The number of hydrogen-bond donors (Lipinski definition) is 2. The molecule has 5 heteroatoms. The largest absolute Gasteiger partial charge is 0.481 e. The molecule has 0 saturated heterocycles. The van der Waals surface area contributed by atoms with E-state index in [1.54, 1.807) is 0 Å². The maximum atomic E-state index is 10.0. The molecule has 0 amide bonds. The summed E-state index contributed by atoms with van der Waals surface area (Å²) in [5.74, 6) is -1.08. The number of aliphatic carboxylic acids is 1. The molecule has 0 spiro atoms. The molecule has 60 valence electrons. The summed E-state index contributed by atoms with van der Waals surface area (Å²) in [6.45, 7) is 1.34. The van der Waals surface area contributed by atoms with Gasteiger partial charge in [0.05, 0.1) is 5.75 Å². The van der Waals surface area contributed by atoms with Crippen molar-refractivity contribution in [3.05, 3.63) is 0 Å². The number of hydrogen-bond acceptors (Lipinski definition) is 4. The topological polar surface area (TPSA) is 80.4 Å². The smallest absolute Gasteiger partial charge is 0.313 e. The van der Waals surface area contributed by atoms with E-state index in [0.29, 0.717) is 0 Å². The monoisotopic (exact) mass is 165 g/mol. The van der Waals surface area contributed by atoms with Crippen LogP contribution in [-0.2, 0) is 9.59 Å². The highest BCUT2D eigenvalue weighted by Gasteiger charge is 1.98. The van der Waals surface area contributed by atoms with Crippen LogP contribution in [0.2, 0.25) is 0 Å². The van der Waals surface area contributed by atoms with Crippen molar-refractivity contribution >= 4 is 22.8 Å². The van der Waals surface area contributed by atoms with Crippen molar-refractivity contribution in [2.24, 2.45) is 5.73 Å². The van der Waals surface area contributed by atoms with Crippen LogP contribution in [0, 0.1) is 0 Å². The predicted octanol–water partition coefficient (Wildman–Crippen LogP) is -0.0744. The van der Waals surface area contributed by atoms with Crippen molar-refractivity contribution in [2.45, 2.75) is 6.92 Å². The van der Waals surface area contributed by atoms with E-state index in [4.69, 9.17) is 5.11 Å². The van der Waals surface area contributed by atoms with Gasteiger partial charge in [0.2, 0.25) is 0 Å². The average molecular weight is 165 g/mol. The first-order valence-corrected chi connectivity index (χ1v) is 3.54. The maximum Gasteiger partial charge on any atom is 0.313 e. The van der Waals surface area contributed by atoms with Crippen LogP contribution in [0.1, 0.15) is 6.92 Å². The Morgan fingerprint density at radius 3 is 2.00 bits per heavy atom. The zero-order chi connectivity index (χ0) is 8.57. The second-order valence-electron chi connectivity index (χ2n) is 1.17. The van der Waals surface area contributed by atoms with Gasteiger partial charge < -0.3 is 10.8 Å². The summed E-state index contributed by atoms with van der Waals surface area (Å²) in [4.78, 5) is 19.8. The molecular weight excluding hydrogens is 154 g/mol. The quantitative estimate of drug-likeness (QED) is 0.598. The van der Waals surface area contributed by atoms with Gasteiger partial charge in [0, 0.05) is 6.92 Å². The first-order valence-electron chi connectivity index (χ1n) is 2.56. The molecule has 0 aromatic carbocycles. The fraction of sp³-hybridized carbons (Fsp3) is 0.600. The Hall–Kier alpha value is -0.550. The molecule has 0 aliphatic carbocycles. The first kappa shape index (κ1) is 12.2. The van der Waals surface area contributed by atoms with E-state index in [1.807, 2.05) is 0 Å². The van der Waals surface area contributed by atoms with E-state index >= 15 is 0 Å². The van der Waals surface area contributed by atoms with Gasteiger partial charge in [-0.05, 0) is 7.05 Å². The Morgan fingerprint density at radius 1 is 1.50 bits per heavy atom. The number of carbonyl (C=O) groups excluding carboxylic acids is 1. The third-order valence-corrected chi connectivity index (χ3v) is 1.20. The summed E-state index contributed by atoms with van der Waals surface area (Å²) in [6, 6.07) is 0. The average Bonchev–Trinajstić information content (AvgIpc) is 1.89. The van der Waals surface area contributed by atoms with Gasteiger partial charge in [-0.2, -0.15) is 0 Å². The lowest BCUT2D eigenvalue weighted by Crippen LogP contribution is -1.99. The fourth-order valence-corrected chi connectivity index (χ4v) is 0.490. The van der Waals surface area contributed by atoms with E-state index in [9.17, 15) is 9.59 Å². The van der Waals surface area contributed by atoms with Crippen molar-refractivity contribution in [1.82, 2.24) is 0 Å². The normalized spacial score (nSPS) is 7.50. The Kier molecular flexibility index (Phi) is 10.3. The summed E-state index contributed by atoms with van der Waals surface area (Å²) >= 11 is 0.801. The standard InChI is InChI=1S/C4H6O3S.CH5N/c1-3(5)8-2-4(6)7;1-2/h2H2,1H3,(H,6,7);2H2,1H3. The lowest BCUT2D eigenvalue weighted by atomic mass is 10.8. The van der Waals surface area contributed by atoms with Gasteiger partial charge in [-0.25, -0.2) is 0 Å². The van der Waals surface area contributed by atoms with Gasteiger partial charge in [0.25, 0.3) is 0 Å². The summed E-state index contributed by atoms with van der Waals surface area (Å²) in [7, 11) is 1.50. The number of carboxylic acid groups (broad SMARTS) is 1. The van der Waals surface area contributed by atoms with E-state index in [2.05, 4.69) is 5.73 Å². The minimum absolute atomic E-state index is 0.130. The zero-order valence-electron chi connectivity index (χ0n) is 5.96. The van der Waals surface area contributed by atoms with Crippen molar-refractivity contribution in [2.75, 3.05) is 12.8 Å². The molecule has 0 rings (SSSR count). The number of rotatable bonds is 2. The van der Waals surface area contributed by atoms with Crippen molar-refractivity contribution in [3.8, 4) is 0 Å². The molecule has 0 aromatic heterocycles. The maximum absolute atomic E-state index is 10.0. The van der Waals surface area contributed by atoms with Crippen molar-refractivity contribution < 1.29 is 14.7 Å². The summed E-state index contributed by atoms with van der Waals surface area (Å²) in [6.07, 6.45) is 0. The van der Waals surface area contributed by atoms with Gasteiger partial charge in [-0.1, -0.05) is 11.8 Å². The predicted molar refractivity (Wildman–Crippen MR) is 40.9 cm³/mol. The van der Waals surface area contributed by atoms with Crippen LogP contribution < -0.4 is 5.73 Å². The number of carbonyl (C=O) groups is 2. The fourth-order valence-electron chi connectivity index (χ4n) is 0.163. The molecule has 0 aliphatic heterocycles. The molecule has 0 atom stereocenters. The number of nitrogens with two attached hydrogens (primary N) is 1. The van der Waals surface area contributed by atoms with E-state index in [0.717, 1.165) is 11.8 Å². The van der Waals surface area contributed by atoms with Gasteiger partial charge in [0.15, 0.2) is 5.12 Å². The second kappa shape index (κ2) is 8.45. The highest BCUT2D eigenvalue weighted by atomic mass is 32.2. The van der Waals surface area contributed by atoms with Crippen LogP contribution >= 0.6 is 11.8 Å². The molecular formula is C5H11NO3S. The van der Waals surface area contributed by atoms with E-state index < -0.39 is 5.97 Å². The van der Waals surface area contributed by atoms with Gasteiger partial charge in [-0.3, -0.25) is 9.59 Å². The third kappa shape index (κ3) is 15.7. The van der Waals surface area contributed by atoms with Gasteiger partial charge in [-0.15, -0.1) is 0 Å². The van der Waals surface area contributed by atoms with Crippen molar-refractivity contribution in [3.63, 3.8) is 0 Å². The molecule has 0 aliphatic rings. The Bertz CT molecular complexity index is 101. The van der Waals surface area contributed by atoms with Crippen LogP contribution in [0.5, 0.6) is 0 Å². The lowest BCUT2D eigenvalue weighted by Gasteiger charge is -1.85. The highest BCUT2D eigenvalue weighted by Crippen LogP contribution is 1.98. The minimum atomic E-state index is -0.954. The summed E-state index contributed by atoms with van der Waals surface area (Å²) < 4.78 is 0. The van der Waals surface area contributed by atoms with Crippen LogP contribution in [-0.4, -0.2) is 29.0 Å². The molecule has 0 unspecified atom stereocenters. The number of carboxylic acids is 1. The number of thioether (sulfide) groups is 1. The van der Waals surface area contributed by atoms with Crippen molar-refractivity contribution in [1.29, 1.82) is 0 Å². The first-order chi connectivity index (χ1) is 4.63. The molecule has 0 heterocycles. The summed E-state index contributed by atoms with van der Waals surface area (Å²) in [5, 5.41) is 7.83. The molecule has 4 nitrogen and oxygen atoms in total. The minimum Gasteiger partial charge on any atom is -0.481 e. The van der Waals surface area contributed by atoms with Gasteiger partial charge in [0.1, 0.15) is 0 Å². The highest BCUT2D eigenvalue weighted by molar-refractivity contribution is 8.14. The molecule has 3 N–H and O–H groups in total. The summed E-state index contributed by atoms with van der Waals surface area (Å²) in [5.41, 5.74) is 4.50. The lowest BCUT2D eigenvalue weighted by molar-refractivity contribution is -0.134. The second-order valence-corrected chi connectivity index (χ2v) is 2.33.